The first-order valence-electron chi connectivity index (χ1n) is 11.9. The number of thiazole rings is 1. The Hall–Kier alpha value is -2.80. The summed E-state index contributed by atoms with van der Waals surface area (Å²) in [4.78, 5) is 30.4. The lowest BCUT2D eigenvalue weighted by Crippen LogP contribution is -2.50. The van der Waals surface area contributed by atoms with Crippen molar-refractivity contribution in [3.05, 3.63) is 40.2 Å². The molecule has 34 heavy (non-hydrogen) atoms. The van der Waals surface area contributed by atoms with E-state index in [4.69, 9.17) is 4.98 Å². The molecule has 1 aromatic carbocycles. The van der Waals surface area contributed by atoms with Gasteiger partial charge >= 0.3 is 0 Å². The largest absolute Gasteiger partial charge is 0.340 e. The molecule has 4 N–H and O–H groups in total. The van der Waals surface area contributed by atoms with Crippen LogP contribution in [0.5, 0.6) is 0 Å². The molecule has 1 unspecified atom stereocenters. The topological polar surface area (TPSA) is 119 Å². The Kier molecular flexibility index (Phi) is 7.61. The Balaban J connectivity index is 1.38. The second-order valence-corrected chi connectivity index (χ2v) is 10.5. The van der Waals surface area contributed by atoms with Crippen LogP contribution in [0.4, 0.5) is 0 Å². The van der Waals surface area contributed by atoms with E-state index < -0.39 is 11.6 Å². The molecule has 1 aromatic heterocycles. The average Bonchev–Trinajstić information content (AvgIpc) is 3.46. The molecular weight excluding hydrogens is 448 g/mol. The number of nitrogens with zero attached hydrogens (tertiary/aromatic N) is 2. The molecule has 0 radical (unpaired) electrons. The zero-order chi connectivity index (χ0) is 24.1. The van der Waals surface area contributed by atoms with Gasteiger partial charge in [0, 0.05) is 48.6 Å². The number of piperazine rings is 1. The third-order valence-corrected chi connectivity index (χ3v) is 7.07. The first-order valence-corrected chi connectivity index (χ1v) is 12.8. The molecule has 2 atom stereocenters. The lowest BCUT2D eigenvalue weighted by molar-refractivity contribution is -0.123. The summed E-state index contributed by atoms with van der Waals surface area (Å²) >= 11 is 1.65. The average molecular weight is 481 g/mol. The number of aromatic nitrogens is 1. The normalized spacial score (nSPS) is 19.8. The quantitative estimate of drug-likeness (QED) is 0.437. The van der Waals surface area contributed by atoms with Gasteiger partial charge in [-0.15, -0.1) is 11.3 Å². The molecule has 2 aliphatic rings. The molecule has 2 aromatic rings. The van der Waals surface area contributed by atoms with E-state index in [1.54, 1.807) is 23.5 Å². The summed E-state index contributed by atoms with van der Waals surface area (Å²) in [5, 5.41) is 25.0. The highest BCUT2D eigenvalue weighted by molar-refractivity contribution is 7.09. The minimum atomic E-state index is -0.755. The number of carbonyl (C=O) groups excluding carboxylic acids is 2. The van der Waals surface area contributed by atoms with Gasteiger partial charge in [0.25, 0.3) is 5.91 Å². The summed E-state index contributed by atoms with van der Waals surface area (Å²) in [5.74, 6) is -0.381. The third-order valence-electron chi connectivity index (χ3n) is 6.20. The van der Waals surface area contributed by atoms with E-state index in [2.05, 4.69) is 27.3 Å². The fraction of sp³-hybridized carbons (Fsp3) is 0.520. The van der Waals surface area contributed by atoms with Crippen LogP contribution in [0.15, 0.2) is 29.6 Å². The summed E-state index contributed by atoms with van der Waals surface area (Å²) in [6.45, 7) is 6.93. The van der Waals surface area contributed by atoms with Gasteiger partial charge in [-0.3, -0.25) is 9.59 Å². The predicted molar refractivity (Wildman–Crippen MR) is 132 cm³/mol. The second-order valence-electron chi connectivity index (χ2n) is 9.60. The number of nitrogens with one attached hydrogen (secondary N) is 4. The van der Waals surface area contributed by atoms with Gasteiger partial charge in [-0.05, 0) is 37.3 Å². The van der Waals surface area contributed by atoms with E-state index in [1.807, 2.05) is 31.4 Å². The summed E-state index contributed by atoms with van der Waals surface area (Å²) in [5.41, 5.74) is 1.59. The Morgan fingerprint density at radius 1 is 1.26 bits per heavy atom. The maximum Gasteiger partial charge on any atom is 0.251 e. The van der Waals surface area contributed by atoms with E-state index in [-0.39, 0.29) is 17.7 Å². The number of carbonyl (C=O) groups is 2. The number of benzene rings is 1. The van der Waals surface area contributed by atoms with Crippen molar-refractivity contribution in [2.24, 2.45) is 5.92 Å². The van der Waals surface area contributed by atoms with Crippen LogP contribution < -0.4 is 21.3 Å². The lowest BCUT2D eigenvalue weighted by atomic mass is 10.0. The second kappa shape index (κ2) is 10.6. The Labute approximate surface area is 204 Å². The molecule has 180 valence electrons. The zero-order valence-corrected chi connectivity index (χ0v) is 20.5. The van der Waals surface area contributed by atoms with Gasteiger partial charge in [0.15, 0.2) is 0 Å². The van der Waals surface area contributed by atoms with Gasteiger partial charge in [0.2, 0.25) is 5.91 Å². The van der Waals surface area contributed by atoms with Crippen LogP contribution in [0.3, 0.4) is 0 Å². The maximum atomic E-state index is 12.9. The van der Waals surface area contributed by atoms with E-state index in [9.17, 15) is 14.9 Å². The molecule has 1 saturated carbocycles. The summed E-state index contributed by atoms with van der Waals surface area (Å²) in [6.07, 6.45) is 2.71. The van der Waals surface area contributed by atoms with Crippen LogP contribution in [-0.2, 0) is 11.2 Å². The highest BCUT2D eigenvalue weighted by Gasteiger charge is 2.45. The van der Waals surface area contributed by atoms with Crippen LogP contribution >= 0.6 is 11.3 Å². The first kappa shape index (κ1) is 24.3. The fourth-order valence-electron chi connectivity index (χ4n) is 4.06. The van der Waals surface area contributed by atoms with Gasteiger partial charge < -0.3 is 21.3 Å². The van der Waals surface area contributed by atoms with Crippen molar-refractivity contribution < 1.29 is 9.59 Å². The van der Waals surface area contributed by atoms with E-state index in [0.29, 0.717) is 30.9 Å². The SMILES string of the molecule is CC(C)C[C@H](NC(=O)c1ccc(-c2csc(CC3CNCCN3)n2)cc1)C(=O)NC1(C#N)CC1. The van der Waals surface area contributed by atoms with Gasteiger partial charge in [0.1, 0.15) is 11.6 Å². The molecular formula is C25H32N6O2S. The molecule has 9 heteroatoms. The van der Waals surface area contributed by atoms with Crippen LogP contribution in [0.1, 0.15) is 48.5 Å². The van der Waals surface area contributed by atoms with Crippen molar-refractivity contribution in [2.45, 2.75) is 57.2 Å². The number of hydrogen-bond donors (Lipinski definition) is 4. The standard InChI is InChI=1S/C25H32N6O2S/c1-16(2)11-20(24(33)31-25(15-26)7-8-25)30-23(32)18-5-3-17(4-6-18)21-14-34-22(29-21)12-19-13-27-9-10-28-19/h3-6,14,16,19-20,27-28H,7-13H2,1-2H3,(H,30,32)(H,31,33)/t19?,20-/m0/s1. The molecule has 1 aliphatic heterocycles. The zero-order valence-electron chi connectivity index (χ0n) is 19.7. The maximum absolute atomic E-state index is 12.9. The highest BCUT2D eigenvalue weighted by atomic mass is 32.1. The first-order chi connectivity index (χ1) is 16.4. The molecule has 2 heterocycles. The highest BCUT2D eigenvalue weighted by Crippen LogP contribution is 2.34. The smallest absolute Gasteiger partial charge is 0.251 e. The molecule has 2 amide bonds. The van der Waals surface area contributed by atoms with Crippen molar-refractivity contribution >= 4 is 23.2 Å². The van der Waals surface area contributed by atoms with Crippen LogP contribution in [0.25, 0.3) is 11.3 Å². The molecule has 4 rings (SSSR count). The Bertz CT molecular complexity index is 1050. The molecule has 1 aliphatic carbocycles. The molecule has 8 nitrogen and oxygen atoms in total. The molecule has 0 bridgehead atoms. The number of amides is 2. The number of rotatable bonds is 9. The van der Waals surface area contributed by atoms with Crippen LogP contribution in [0, 0.1) is 17.2 Å². The molecule has 0 spiro atoms. The summed E-state index contributed by atoms with van der Waals surface area (Å²) < 4.78 is 0. The van der Waals surface area contributed by atoms with Crippen molar-refractivity contribution in [3.63, 3.8) is 0 Å². The summed E-state index contributed by atoms with van der Waals surface area (Å²) in [7, 11) is 0. The van der Waals surface area contributed by atoms with Crippen molar-refractivity contribution in [1.82, 2.24) is 26.3 Å². The predicted octanol–water partition coefficient (Wildman–Crippen LogP) is 2.23. The van der Waals surface area contributed by atoms with E-state index in [1.165, 1.54) is 0 Å². The number of hydrogen-bond acceptors (Lipinski definition) is 7. The van der Waals surface area contributed by atoms with Crippen molar-refractivity contribution in [2.75, 3.05) is 19.6 Å². The van der Waals surface area contributed by atoms with Crippen molar-refractivity contribution in [1.29, 1.82) is 5.26 Å². The molecule has 1 saturated heterocycles. The molecule has 2 fully saturated rings. The van der Waals surface area contributed by atoms with Gasteiger partial charge in [-0.2, -0.15) is 5.26 Å². The Morgan fingerprint density at radius 2 is 2.03 bits per heavy atom. The van der Waals surface area contributed by atoms with Gasteiger partial charge in [0.05, 0.1) is 16.8 Å². The fourth-order valence-corrected chi connectivity index (χ4v) is 4.94. The van der Waals surface area contributed by atoms with E-state index in [0.717, 1.165) is 42.3 Å². The van der Waals surface area contributed by atoms with Crippen molar-refractivity contribution in [3.8, 4) is 17.3 Å². The minimum Gasteiger partial charge on any atom is -0.340 e. The van der Waals surface area contributed by atoms with Crippen LogP contribution in [-0.4, -0.2) is 54.1 Å². The minimum absolute atomic E-state index is 0.217. The lowest BCUT2D eigenvalue weighted by Gasteiger charge is -2.23. The number of nitriles is 1. The summed E-state index contributed by atoms with van der Waals surface area (Å²) in [6, 6.07) is 9.19. The Morgan fingerprint density at radius 3 is 2.65 bits per heavy atom. The van der Waals surface area contributed by atoms with E-state index >= 15 is 0 Å². The monoisotopic (exact) mass is 480 g/mol. The third kappa shape index (κ3) is 6.20. The van der Waals surface area contributed by atoms with Crippen LogP contribution in [0.2, 0.25) is 0 Å². The van der Waals surface area contributed by atoms with Gasteiger partial charge in [-0.1, -0.05) is 26.0 Å². The van der Waals surface area contributed by atoms with Gasteiger partial charge in [-0.25, -0.2) is 4.98 Å².